The predicted molar refractivity (Wildman–Crippen MR) is 148 cm³/mol. The lowest BCUT2D eigenvalue weighted by Crippen LogP contribution is -2.22. The molecule has 0 saturated heterocycles. The number of benzene rings is 2. The number of nitrogens with one attached hydrogen (secondary N) is 3. The van der Waals surface area contributed by atoms with Crippen LogP contribution in [0, 0.1) is 12.7 Å². The summed E-state index contributed by atoms with van der Waals surface area (Å²) in [5, 5.41) is 12.8. The fourth-order valence-electron chi connectivity index (χ4n) is 3.66. The Morgan fingerprint density at radius 2 is 1.69 bits per heavy atom. The highest BCUT2D eigenvalue weighted by Gasteiger charge is 2.22. The van der Waals surface area contributed by atoms with Gasteiger partial charge >= 0.3 is 6.03 Å². The van der Waals surface area contributed by atoms with Crippen LogP contribution in [-0.4, -0.2) is 26.7 Å². The number of amides is 3. The van der Waals surface area contributed by atoms with Gasteiger partial charge in [0.15, 0.2) is 0 Å². The summed E-state index contributed by atoms with van der Waals surface area (Å²) in [6.07, 6.45) is 1.61. The van der Waals surface area contributed by atoms with Crippen LogP contribution in [0.25, 0.3) is 5.69 Å². The Hall–Kier alpha value is -4.73. The van der Waals surface area contributed by atoms with Gasteiger partial charge in [-0.3, -0.25) is 15.1 Å². The minimum absolute atomic E-state index is 0.00445. The number of anilines is 2. The number of carbonyl (C=O) groups excluding carboxylic acids is 2. The lowest BCUT2D eigenvalue weighted by molar-refractivity contribution is -0.119. The molecule has 0 unspecified atom stereocenters. The minimum Gasteiger partial charge on any atom is -0.457 e. The second-order valence-electron chi connectivity index (χ2n) is 10.1. The zero-order valence-corrected chi connectivity index (χ0v) is 22.5. The Labute approximate surface area is 226 Å². The molecule has 0 atom stereocenters. The SMILES string of the molecule is CC(=O)NCc1ccc(-n2nc(C(C)(C)C)cc2NC(=O)Nc2ccc(Oc3ccnc(C)c3)cc2F)cc1. The van der Waals surface area contributed by atoms with Crippen molar-refractivity contribution in [1.82, 2.24) is 20.1 Å². The Morgan fingerprint density at radius 3 is 2.33 bits per heavy atom. The molecule has 202 valence electrons. The van der Waals surface area contributed by atoms with E-state index < -0.39 is 11.8 Å². The van der Waals surface area contributed by atoms with Crippen molar-refractivity contribution in [2.24, 2.45) is 0 Å². The highest BCUT2D eigenvalue weighted by atomic mass is 19.1. The molecule has 0 spiro atoms. The number of halogens is 1. The molecule has 4 aromatic rings. The van der Waals surface area contributed by atoms with Gasteiger partial charge in [0.2, 0.25) is 5.91 Å². The molecule has 3 N–H and O–H groups in total. The number of aryl methyl sites for hydroxylation is 1. The zero-order valence-electron chi connectivity index (χ0n) is 22.5. The van der Waals surface area contributed by atoms with E-state index in [9.17, 15) is 14.0 Å². The van der Waals surface area contributed by atoms with Crippen molar-refractivity contribution in [3.63, 3.8) is 0 Å². The first-order valence-electron chi connectivity index (χ1n) is 12.4. The highest BCUT2D eigenvalue weighted by molar-refractivity contribution is 5.99. The molecular weight excluding hydrogens is 499 g/mol. The lowest BCUT2D eigenvalue weighted by atomic mass is 9.92. The van der Waals surface area contributed by atoms with Gasteiger partial charge in [-0.05, 0) is 42.8 Å². The summed E-state index contributed by atoms with van der Waals surface area (Å²) in [6, 6.07) is 16.2. The molecule has 3 amide bonds. The van der Waals surface area contributed by atoms with E-state index in [4.69, 9.17) is 9.84 Å². The van der Waals surface area contributed by atoms with Crippen LogP contribution in [0.2, 0.25) is 0 Å². The van der Waals surface area contributed by atoms with Gasteiger partial charge in [0.25, 0.3) is 0 Å². The van der Waals surface area contributed by atoms with E-state index in [0.717, 1.165) is 17.0 Å². The maximum absolute atomic E-state index is 14.8. The van der Waals surface area contributed by atoms with Crippen LogP contribution in [0.4, 0.5) is 20.7 Å². The number of ether oxygens (including phenoxy) is 1. The molecule has 0 radical (unpaired) electrons. The van der Waals surface area contributed by atoms with Crippen LogP contribution in [-0.2, 0) is 16.8 Å². The first kappa shape index (κ1) is 27.3. The molecule has 2 heterocycles. The lowest BCUT2D eigenvalue weighted by Gasteiger charge is -2.14. The van der Waals surface area contributed by atoms with Crippen molar-refractivity contribution < 1.29 is 18.7 Å². The first-order valence-corrected chi connectivity index (χ1v) is 12.4. The van der Waals surface area contributed by atoms with Gasteiger partial charge in [0.1, 0.15) is 23.1 Å². The maximum atomic E-state index is 14.8. The van der Waals surface area contributed by atoms with E-state index in [-0.39, 0.29) is 17.0 Å². The Bertz CT molecular complexity index is 1490. The number of aromatic nitrogens is 3. The summed E-state index contributed by atoms with van der Waals surface area (Å²) >= 11 is 0. The largest absolute Gasteiger partial charge is 0.457 e. The number of rotatable bonds is 7. The number of nitrogens with zero attached hydrogens (tertiary/aromatic N) is 3. The van der Waals surface area contributed by atoms with Crippen LogP contribution >= 0.6 is 0 Å². The second-order valence-corrected chi connectivity index (χ2v) is 10.1. The predicted octanol–water partition coefficient (Wildman–Crippen LogP) is 6.08. The van der Waals surface area contributed by atoms with Crippen molar-refractivity contribution >= 4 is 23.4 Å². The van der Waals surface area contributed by atoms with Crippen LogP contribution in [0.3, 0.4) is 0 Å². The average molecular weight is 531 g/mol. The summed E-state index contributed by atoms with van der Waals surface area (Å²) in [4.78, 5) is 28.2. The molecule has 39 heavy (non-hydrogen) atoms. The van der Waals surface area contributed by atoms with E-state index >= 15 is 0 Å². The first-order chi connectivity index (χ1) is 18.5. The van der Waals surface area contributed by atoms with Crippen molar-refractivity contribution in [2.45, 2.75) is 46.6 Å². The number of hydrogen-bond acceptors (Lipinski definition) is 5. The second kappa shape index (κ2) is 11.3. The molecule has 4 rings (SSSR count). The molecule has 9 nitrogen and oxygen atoms in total. The minimum atomic E-state index is -0.646. The third kappa shape index (κ3) is 7.19. The van der Waals surface area contributed by atoms with Crippen molar-refractivity contribution in [1.29, 1.82) is 0 Å². The summed E-state index contributed by atoms with van der Waals surface area (Å²) in [7, 11) is 0. The summed E-state index contributed by atoms with van der Waals surface area (Å²) < 4.78 is 22.1. The zero-order chi connectivity index (χ0) is 28.2. The Balaban J connectivity index is 1.50. The standard InChI is InChI=1S/C29H31FN6O3/c1-18-14-23(12-13-31-18)39-22-10-11-25(24(30)15-22)33-28(38)34-27-16-26(29(3,4)5)35-36(27)21-8-6-20(7-9-21)17-32-19(2)37/h6-16H,17H2,1-5H3,(H,32,37)(H2,33,34,38). The number of urea groups is 1. The van der Waals surface area contributed by atoms with Gasteiger partial charge in [0, 0.05) is 49.0 Å². The molecule has 0 bridgehead atoms. The molecule has 0 fully saturated rings. The fraction of sp³-hybridized carbons (Fsp3) is 0.241. The number of hydrogen-bond donors (Lipinski definition) is 3. The van der Waals surface area contributed by atoms with Crippen molar-refractivity contribution in [3.8, 4) is 17.2 Å². The summed E-state index contributed by atoms with van der Waals surface area (Å²) in [5.74, 6) is 0.485. The van der Waals surface area contributed by atoms with Gasteiger partial charge in [-0.2, -0.15) is 5.10 Å². The van der Waals surface area contributed by atoms with Gasteiger partial charge in [-0.25, -0.2) is 13.9 Å². The molecule has 2 aromatic heterocycles. The highest BCUT2D eigenvalue weighted by Crippen LogP contribution is 2.28. The maximum Gasteiger partial charge on any atom is 0.324 e. The number of carbonyl (C=O) groups is 2. The quantitative estimate of drug-likeness (QED) is 0.268. The van der Waals surface area contributed by atoms with Crippen LogP contribution < -0.4 is 20.7 Å². The Morgan fingerprint density at radius 1 is 0.974 bits per heavy atom. The van der Waals surface area contributed by atoms with E-state index in [1.807, 2.05) is 52.0 Å². The smallest absolute Gasteiger partial charge is 0.324 e. The van der Waals surface area contributed by atoms with Gasteiger partial charge in [-0.15, -0.1) is 0 Å². The Kier molecular flexibility index (Phi) is 7.94. The molecule has 2 aromatic carbocycles. The molecule has 0 aliphatic carbocycles. The van der Waals surface area contributed by atoms with Crippen molar-refractivity contribution in [3.05, 3.63) is 89.6 Å². The van der Waals surface area contributed by atoms with E-state index in [1.165, 1.54) is 19.1 Å². The van der Waals surface area contributed by atoms with Crippen LogP contribution in [0.15, 0.2) is 66.9 Å². The van der Waals surface area contributed by atoms with E-state index in [0.29, 0.717) is 29.5 Å². The van der Waals surface area contributed by atoms with E-state index in [1.54, 1.807) is 35.1 Å². The molecule has 0 aliphatic heterocycles. The van der Waals surface area contributed by atoms with Gasteiger partial charge in [0.05, 0.1) is 17.1 Å². The molecule has 0 aliphatic rings. The molecule has 10 heteroatoms. The van der Waals surface area contributed by atoms with E-state index in [2.05, 4.69) is 20.9 Å². The van der Waals surface area contributed by atoms with Crippen LogP contribution in [0.1, 0.15) is 44.6 Å². The van der Waals surface area contributed by atoms with Crippen LogP contribution in [0.5, 0.6) is 11.5 Å². The third-order valence-electron chi connectivity index (χ3n) is 5.73. The molecule has 0 saturated carbocycles. The van der Waals surface area contributed by atoms with Crippen molar-refractivity contribution in [2.75, 3.05) is 10.6 Å². The monoisotopic (exact) mass is 530 g/mol. The normalized spacial score (nSPS) is 11.1. The summed E-state index contributed by atoms with van der Waals surface area (Å²) in [6.45, 7) is 9.77. The summed E-state index contributed by atoms with van der Waals surface area (Å²) in [5.41, 5.74) is 2.89. The fourth-order valence-corrected chi connectivity index (χ4v) is 3.66. The topological polar surface area (TPSA) is 110 Å². The average Bonchev–Trinajstić information content (AvgIpc) is 3.29. The van der Waals surface area contributed by atoms with Gasteiger partial charge in [-0.1, -0.05) is 32.9 Å². The van der Waals surface area contributed by atoms with Gasteiger partial charge < -0.3 is 15.4 Å². The number of pyridine rings is 1. The third-order valence-corrected chi connectivity index (χ3v) is 5.73. The molecular formula is C29H31FN6O3.